The number of allylic oxidation sites excluding steroid dienone is 1. The molecule has 3 rings (SSSR count). The molecular formula is C23H23ClO6. The molecule has 0 aromatic heterocycles. The molecule has 1 N–H and O–H groups in total. The summed E-state index contributed by atoms with van der Waals surface area (Å²) in [5.41, 5.74) is 0.797. The third-order valence-electron chi connectivity index (χ3n) is 4.58. The monoisotopic (exact) mass is 430 g/mol. The summed E-state index contributed by atoms with van der Waals surface area (Å²) >= 11 is 5.90. The quantitative estimate of drug-likeness (QED) is 0.192. The van der Waals surface area contributed by atoms with Crippen molar-refractivity contribution in [2.24, 2.45) is 0 Å². The SMILES string of the molecule is O=C1COC(=O)C1=C(O)CCCCCOc1ccccc1OCc1ccc(Cl)cc1. The van der Waals surface area contributed by atoms with E-state index in [0.717, 1.165) is 18.4 Å². The topological polar surface area (TPSA) is 82.1 Å². The summed E-state index contributed by atoms with van der Waals surface area (Å²) in [6.07, 6.45) is 2.42. The highest BCUT2D eigenvalue weighted by Crippen LogP contribution is 2.28. The summed E-state index contributed by atoms with van der Waals surface area (Å²) in [6.45, 7) is 0.609. The van der Waals surface area contributed by atoms with Gasteiger partial charge in [0.25, 0.3) is 0 Å². The number of aliphatic hydroxyl groups is 1. The summed E-state index contributed by atoms with van der Waals surface area (Å²) < 4.78 is 16.3. The third kappa shape index (κ3) is 6.00. The number of ether oxygens (including phenoxy) is 3. The Morgan fingerprint density at radius 2 is 1.67 bits per heavy atom. The van der Waals surface area contributed by atoms with Gasteiger partial charge in [-0.15, -0.1) is 0 Å². The lowest BCUT2D eigenvalue weighted by atomic mass is 10.1. The minimum Gasteiger partial charge on any atom is -0.511 e. The molecule has 0 atom stereocenters. The number of Topliss-reactive ketones (excluding diaryl/α,β-unsaturated/α-hetero) is 1. The van der Waals surface area contributed by atoms with E-state index in [2.05, 4.69) is 4.74 Å². The van der Waals surface area contributed by atoms with E-state index in [-0.39, 0.29) is 24.4 Å². The lowest BCUT2D eigenvalue weighted by molar-refractivity contribution is -0.135. The summed E-state index contributed by atoms with van der Waals surface area (Å²) in [6, 6.07) is 14.9. The lowest BCUT2D eigenvalue weighted by Gasteiger charge is -2.13. The van der Waals surface area contributed by atoms with Gasteiger partial charge in [-0.25, -0.2) is 4.79 Å². The van der Waals surface area contributed by atoms with Crippen LogP contribution in [-0.4, -0.2) is 30.1 Å². The van der Waals surface area contributed by atoms with E-state index in [9.17, 15) is 14.7 Å². The van der Waals surface area contributed by atoms with Crippen LogP contribution in [0.15, 0.2) is 59.9 Å². The van der Waals surface area contributed by atoms with Crippen molar-refractivity contribution in [2.75, 3.05) is 13.2 Å². The Morgan fingerprint density at radius 3 is 2.33 bits per heavy atom. The molecule has 0 unspecified atom stereocenters. The fourth-order valence-corrected chi connectivity index (χ4v) is 3.10. The van der Waals surface area contributed by atoms with Crippen molar-refractivity contribution < 1.29 is 28.9 Å². The second kappa shape index (κ2) is 10.7. The largest absolute Gasteiger partial charge is 0.511 e. The number of hydrogen-bond acceptors (Lipinski definition) is 6. The Morgan fingerprint density at radius 1 is 0.967 bits per heavy atom. The van der Waals surface area contributed by atoms with Gasteiger partial charge in [0.15, 0.2) is 18.1 Å². The van der Waals surface area contributed by atoms with Gasteiger partial charge in [0.05, 0.1) is 6.61 Å². The van der Waals surface area contributed by atoms with Crippen LogP contribution in [0.4, 0.5) is 0 Å². The highest BCUT2D eigenvalue weighted by Gasteiger charge is 2.31. The zero-order chi connectivity index (χ0) is 21.3. The number of hydrogen-bond donors (Lipinski definition) is 1. The standard InChI is InChI=1S/C23H23ClO6/c24-17-11-9-16(10-12-17)14-29-21-8-4-3-7-20(21)28-13-5-1-2-6-18(25)22-19(26)15-30-23(22)27/h3-4,7-12,25H,1-2,5-6,13-15H2. The molecule has 7 heteroatoms. The van der Waals surface area contributed by atoms with Crippen LogP contribution in [0.25, 0.3) is 0 Å². The van der Waals surface area contributed by atoms with E-state index in [1.807, 2.05) is 48.5 Å². The van der Waals surface area contributed by atoms with Gasteiger partial charge in [-0.2, -0.15) is 0 Å². The fraction of sp³-hybridized carbons (Fsp3) is 0.304. The maximum atomic E-state index is 11.5. The molecule has 1 fully saturated rings. The Hall–Kier alpha value is -2.99. The molecule has 6 nitrogen and oxygen atoms in total. The van der Waals surface area contributed by atoms with Gasteiger partial charge in [0.2, 0.25) is 5.78 Å². The predicted octanol–water partition coefficient (Wildman–Crippen LogP) is 4.80. The first kappa shape index (κ1) is 21.7. The molecule has 0 spiro atoms. The molecule has 1 heterocycles. The average Bonchev–Trinajstić information content (AvgIpc) is 3.09. The predicted molar refractivity (Wildman–Crippen MR) is 112 cm³/mol. The first-order valence-electron chi connectivity index (χ1n) is 9.76. The van der Waals surface area contributed by atoms with E-state index >= 15 is 0 Å². The number of carbonyl (C=O) groups excluding carboxylic acids is 2. The van der Waals surface area contributed by atoms with Crippen LogP contribution < -0.4 is 9.47 Å². The molecule has 0 bridgehead atoms. The number of benzene rings is 2. The molecule has 0 radical (unpaired) electrons. The van der Waals surface area contributed by atoms with E-state index < -0.39 is 11.8 Å². The van der Waals surface area contributed by atoms with Gasteiger partial charge in [0.1, 0.15) is 17.9 Å². The summed E-state index contributed by atoms with van der Waals surface area (Å²) in [4.78, 5) is 22.9. The number of esters is 1. The number of carbonyl (C=O) groups is 2. The highest BCUT2D eigenvalue weighted by atomic mass is 35.5. The number of aliphatic hydroxyl groups excluding tert-OH is 1. The van der Waals surface area contributed by atoms with Crippen molar-refractivity contribution >= 4 is 23.4 Å². The molecule has 158 valence electrons. The smallest absolute Gasteiger partial charge is 0.345 e. The van der Waals surface area contributed by atoms with Gasteiger partial charge in [-0.1, -0.05) is 35.9 Å². The zero-order valence-electron chi connectivity index (χ0n) is 16.4. The molecule has 2 aromatic rings. The minimum atomic E-state index is -0.740. The summed E-state index contributed by atoms with van der Waals surface area (Å²) in [5.74, 6) is -0.0692. The minimum absolute atomic E-state index is 0.190. The maximum Gasteiger partial charge on any atom is 0.345 e. The van der Waals surface area contributed by atoms with E-state index in [1.165, 1.54) is 0 Å². The van der Waals surface area contributed by atoms with Gasteiger partial charge in [-0.05, 0) is 49.1 Å². The average molecular weight is 431 g/mol. The zero-order valence-corrected chi connectivity index (χ0v) is 17.2. The number of para-hydroxylation sites is 2. The molecule has 2 aromatic carbocycles. The maximum absolute atomic E-state index is 11.5. The number of ketones is 1. The number of rotatable bonds is 10. The normalized spacial score (nSPS) is 15.1. The van der Waals surface area contributed by atoms with Gasteiger partial charge in [0, 0.05) is 11.4 Å². The van der Waals surface area contributed by atoms with E-state index in [1.54, 1.807) is 0 Å². The van der Waals surface area contributed by atoms with E-state index in [0.29, 0.717) is 36.2 Å². The van der Waals surface area contributed by atoms with Gasteiger partial charge < -0.3 is 19.3 Å². The van der Waals surface area contributed by atoms with Gasteiger partial charge in [-0.3, -0.25) is 4.79 Å². The van der Waals surface area contributed by atoms with Crippen LogP contribution in [0.3, 0.4) is 0 Å². The van der Waals surface area contributed by atoms with Crippen LogP contribution in [0.5, 0.6) is 11.5 Å². The molecule has 1 saturated heterocycles. The van der Waals surface area contributed by atoms with Crippen molar-refractivity contribution in [3.05, 3.63) is 70.4 Å². The molecule has 0 saturated carbocycles. The van der Waals surface area contributed by atoms with Crippen LogP contribution in [0.1, 0.15) is 31.2 Å². The Balaban J connectivity index is 1.41. The van der Waals surface area contributed by atoms with Crippen LogP contribution >= 0.6 is 11.6 Å². The molecular weight excluding hydrogens is 408 g/mol. The Kier molecular flexibility index (Phi) is 7.74. The van der Waals surface area contributed by atoms with Crippen LogP contribution in [-0.2, 0) is 20.9 Å². The fourth-order valence-electron chi connectivity index (χ4n) is 2.98. The molecule has 0 amide bonds. The molecule has 1 aliphatic rings. The first-order chi connectivity index (χ1) is 14.5. The Labute approximate surface area is 180 Å². The number of cyclic esters (lactones) is 1. The van der Waals surface area contributed by atoms with Crippen LogP contribution in [0, 0.1) is 0 Å². The number of unbranched alkanes of at least 4 members (excludes halogenated alkanes) is 2. The third-order valence-corrected chi connectivity index (χ3v) is 4.83. The molecule has 0 aliphatic carbocycles. The summed E-state index contributed by atoms with van der Waals surface area (Å²) in [7, 11) is 0. The lowest BCUT2D eigenvalue weighted by Crippen LogP contribution is -2.06. The molecule has 30 heavy (non-hydrogen) atoms. The van der Waals surface area contributed by atoms with Crippen LogP contribution in [0.2, 0.25) is 5.02 Å². The van der Waals surface area contributed by atoms with E-state index in [4.69, 9.17) is 21.1 Å². The van der Waals surface area contributed by atoms with Crippen molar-refractivity contribution in [1.82, 2.24) is 0 Å². The Bertz CT molecular complexity index is 902. The van der Waals surface area contributed by atoms with Gasteiger partial charge >= 0.3 is 5.97 Å². The second-order valence-electron chi connectivity index (χ2n) is 6.84. The van der Waals surface area contributed by atoms with Crippen molar-refractivity contribution in [2.45, 2.75) is 32.3 Å². The van der Waals surface area contributed by atoms with Crippen molar-refractivity contribution in [3.63, 3.8) is 0 Å². The first-order valence-corrected chi connectivity index (χ1v) is 10.1. The molecule has 1 aliphatic heterocycles. The highest BCUT2D eigenvalue weighted by molar-refractivity contribution is 6.30. The summed E-state index contributed by atoms with van der Waals surface area (Å²) in [5, 5.41) is 10.6. The van der Waals surface area contributed by atoms with Crippen molar-refractivity contribution in [3.8, 4) is 11.5 Å². The second-order valence-corrected chi connectivity index (χ2v) is 7.28. The number of halogens is 1. The van der Waals surface area contributed by atoms with Crippen molar-refractivity contribution in [1.29, 1.82) is 0 Å².